The minimum atomic E-state index is -1.96. The van der Waals surface area contributed by atoms with Crippen LogP contribution in [0.3, 0.4) is 0 Å². The largest absolute Gasteiger partial charge is 0.464 e. The molecule has 15 heteroatoms. The molecule has 1 unspecified atom stereocenters. The zero-order valence-electron chi connectivity index (χ0n) is 30.8. The molecule has 268 valence electrons. The van der Waals surface area contributed by atoms with Crippen molar-refractivity contribution in [2.24, 2.45) is 4.99 Å². The Morgan fingerprint density at radius 1 is 1.10 bits per heavy atom. The second-order valence-electron chi connectivity index (χ2n) is 14.8. The smallest absolute Gasteiger partial charge is 0.357 e. The Kier molecular flexibility index (Phi) is 13.1. The van der Waals surface area contributed by atoms with Gasteiger partial charge >= 0.3 is 5.97 Å². The van der Waals surface area contributed by atoms with E-state index in [4.69, 9.17) is 23.6 Å². The van der Waals surface area contributed by atoms with Crippen LogP contribution < -0.4 is 9.70 Å². The molecule has 4 rings (SSSR count). The summed E-state index contributed by atoms with van der Waals surface area (Å²) in [6.45, 7) is 22.3. The van der Waals surface area contributed by atoms with Gasteiger partial charge in [0.1, 0.15) is 6.73 Å². The van der Waals surface area contributed by atoms with E-state index >= 15 is 0 Å². The molecular weight excluding hydrogens is 693 g/mol. The first-order chi connectivity index (χ1) is 23.0. The molecule has 0 aliphatic carbocycles. The Morgan fingerprint density at radius 2 is 1.84 bits per heavy atom. The third-order valence-electron chi connectivity index (χ3n) is 8.79. The molecular formula is C34H52N6O5S2Si2. The average Bonchev–Trinajstić information content (AvgIpc) is 3.66. The zero-order valence-corrected chi connectivity index (χ0v) is 34.5. The van der Waals surface area contributed by atoms with Crippen LogP contribution in [-0.4, -0.2) is 82.2 Å². The summed E-state index contributed by atoms with van der Waals surface area (Å²) in [6.07, 6.45) is 0.501. The van der Waals surface area contributed by atoms with Crippen molar-refractivity contribution in [1.29, 1.82) is 0 Å². The van der Waals surface area contributed by atoms with Crippen LogP contribution in [0.15, 0.2) is 40.7 Å². The number of esters is 1. The van der Waals surface area contributed by atoms with Gasteiger partial charge in [-0.2, -0.15) is 4.99 Å². The number of hydrogen-bond acceptors (Lipinski definition) is 12. The molecule has 0 amide bonds. The lowest BCUT2D eigenvalue weighted by Crippen LogP contribution is -2.43. The van der Waals surface area contributed by atoms with Gasteiger partial charge in [-0.25, -0.2) is 9.78 Å². The number of aromatic nitrogens is 4. The van der Waals surface area contributed by atoms with Crippen LogP contribution in [-0.2, 0) is 25.4 Å². The molecule has 0 spiro atoms. The quantitative estimate of drug-likeness (QED) is 0.0637. The number of aryl methyl sites for hydroxylation is 1. The van der Waals surface area contributed by atoms with E-state index in [-0.39, 0.29) is 16.8 Å². The van der Waals surface area contributed by atoms with Gasteiger partial charge in [0.15, 0.2) is 35.6 Å². The molecule has 0 fully saturated rings. The van der Waals surface area contributed by atoms with Gasteiger partial charge in [0.2, 0.25) is 0 Å². The molecule has 1 aromatic carbocycles. The molecule has 0 bridgehead atoms. The molecule has 0 aliphatic rings. The number of anilines is 2. The van der Waals surface area contributed by atoms with Gasteiger partial charge in [-0.1, -0.05) is 63.9 Å². The summed E-state index contributed by atoms with van der Waals surface area (Å²) in [6, 6.07) is 11.3. The molecule has 3 heterocycles. The lowest BCUT2D eigenvalue weighted by atomic mass is 10.2. The van der Waals surface area contributed by atoms with E-state index in [0.717, 1.165) is 33.2 Å². The van der Waals surface area contributed by atoms with E-state index in [1.165, 1.54) is 18.4 Å². The summed E-state index contributed by atoms with van der Waals surface area (Å²) >= 11 is 2.95. The van der Waals surface area contributed by atoms with Crippen molar-refractivity contribution < 1.29 is 23.4 Å². The molecule has 3 aromatic heterocycles. The molecule has 1 atom stereocenters. The van der Waals surface area contributed by atoms with E-state index in [1.54, 1.807) is 23.8 Å². The maximum absolute atomic E-state index is 12.3. The molecule has 0 N–H and O–H groups in total. The van der Waals surface area contributed by atoms with Crippen molar-refractivity contribution >= 4 is 72.0 Å². The minimum absolute atomic E-state index is 0.0954. The number of fused-ring (bicyclic) bond motifs is 1. The van der Waals surface area contributed by atoms with E-state index in [2.05, 4.69) is 85.4 Å². The summed E-state index contributed by atoms with van der Waals surface area (Å²) in [7, 11) is -0.108. The van der Waals surface area contributed by atoms with Crippen molar-refractivity contribution in [3.8, 4) is 0 Å². The fraction of sp³-hybridized carbons (Fsp3) is 0.559. The summed E-state index contributed by atoms with van der Waals surface area (Å²) in [5, 5.41) is 11.6. The number of carbonyl (C=O) groups excluding carboxylic acids is 1. The molecule has 0 saturated heterocycles. The van der Waals surface area contributed by atoms with Crippen LogP contribution in [0, 0.1) is 6.92 Å². The lowest BCUT2D eigenvalue weighted by molar-refractivity contribution is 0.0489. The van der Waals surface area contributed by atoms with Crippen molar-refractivity contribution in [2.45, 2.75) is 90.8 Å². The predicted octanol–water partition coefficient (Wildman–Crippen LogP) is 8.15. The Hall–Kier alpha value is -2.80. The maximum atomic E-state index is 12.3. The number of nitrogens with zero attached hydrogens (tertiary/aromatic N) is 6. The third-order valence-corrected chi connectivity index (χ3v) is 16.9. The van der Waals surface area contributed by atoms with Crippen LogP contribution in [0.5, 0.6) is 0 Å². The standard InChI is InChI=1S/C34H52N6O5S2Si2/c1-24-20-29(37-38-30(24)36-33-40(23-44-18-19-48(7,8)9)27-14-12-13-15-28(27)47-33)39(32-35-26(22-46-32)31(41)43-6)17-16-25(42-5)21-45-49(10,11)34(2,3)4/h12-15,20,22,25H,16-19,21,23H2,1-11H3. The van der Waals surface area contributed by atoms with Crippen molar-refractivity contribution in [3.63, 3.8) is 0 Å². The first kappa shape index (κ1) is 39.0. The maximum Gasteiger partial charge on any atom is 0.357 e. The zero-order chi connectivity index (χ0) is 36.0. The number of para-hydroxylation sites is 1. The van der Waals surface area contributed by atoms with Crippen molar-refractivity contribution in [1.82, 2.24) is 19.7 Å². The molecule has 4 aromatic rings. The van der Waals surface area contributed by atoms with Crippen molar-refractivity contribution in [3.05, 3.63) is 51.8 Å². The molecule has 0 saturated carbocycles. The number of methoxy groups -OCH3 is 2. The number of hydrogen-bond donors (Lipinski definition) is 0. The van der Waals surface area contributed by atoms with Gasteiger partial charge in [0.25, 0.3) is 0 Å². The number of carbonyl (C=O) groups is 1. The van der Waals surface area contributed by atoms with E-state index in [9.17, 15) is 4.79 Å². The predicted molar refractivity (Wildman–Crippen MR) is 205 cm³/mol. The van der Waals surface area contributed by atoms with Gasteiger partial charge in [-0.3, -0.25) is 4.57 Å². The van der Waals surface area contributed by atoms with Gasteiger partial charge in [0, 0.05) is 33.7 Å². The van der Waals surface area contributed by atoms with Crippen LogP contribution in [0.1, 0.15) is 43.2 Å². The first-order valence-corrected chi connectivity index (χ1v) is 24.9. The monoisotopic (exact) mass is 744 g/mol. The summed E-state index contributed by atoms with van der Waals surface area (Å²) in [5.74, 6) is 0.636. The van der Waals surface area contributed by atoms with Gasteiger partial charge < -0.3 is 23.5 Å². The average molecular weight is 745 g/mol. The number of ether oxygens (including phenoxy) is 3. The third kappa shape index (κ3) is 10.4. The highest BCUT2D eigenvalue weighted by Gasteiger charge is 2.37. The summed E-state index contributed by atoms with van der Waals surface area (Å²) in [4.78, 5) is 24.6. The Morgan fingerprint density at radius 3 is 2.49 bits per heavy atom. The minimum Gasteiger partial charge on any atom is -0.464 e. The Balaban J connectivity index is 1.63. The van der Waals surface area contributed by atoms with E-state index in [0.29, 0.717) is 43.1 Å². The fourth-order valence-electron chi connectivity index (χ4n) is 4.52. The van der Waals surface area contributed by atoms with E-state index < -0.39 is 22.4 Å². The fourth-order valence-corrected chi connectivity index (χ4v) is 8.16. The highest BCUT2D eigenvalue weighted by Crippen LogP contribution is 2.37. The summed E-state index contributed by atoms with van der Waals surface area (Å²) in [5.41, 5.74) is 2.17. The molecule has 11 nitrogen and oxygen atoms in total. The Bertz CT molecular complexity index is 1780. The van der Waals surface area contributed by atoms with Crippen LogP contribution >= 0.6 is 22.7 Å². The second kappa shape index (κ2) is 16.5. The van der Waals surface area contributed by atoms with Gasteiger partial charge in [0.05, 0.1) is 30.0 Å². The SMILES string of the molecule is COC(=O)c1csc(N(CCC(CO[Si](C)(C)C(C)(C)C)OC)c2cc(C)c(N=c3sc4ccccc4n3COCC[Si](C)(C)C)nn2)n1. The highest BCUT2D eigenvalue weighted by molar-refractivity contribution is 7.16. The van der Waals surface area contributed by atoms with Crippen LogP contribution in [0.2, 0.25) is 43.8 Å². The normalized spacial score (nSPS) is 13.7. The highest BCUT2D eigenvalue weighted by atomic mass is 32.1. The van der Waals surface area contributed by atoms with E-state index in [1.807, 2.05) is 30.0 Å². The second-order valence-corrected chi connectivity index (χ2v) is 27.1. The Labute approximate surface area is 300 Å². The summed E-state index contributed by atoms with van der Waals surface area (Å²) < 4.78 is 26.6. The topological polar surface area (TPSA) is 113 Å². The van der Waals surface area contributed by atoms with Crippen LogP contribution in [0.25, 0.3) is 10.2 Å². The van der Waals surface area contributed by atoms with Gasteiger partial charge in [-0.05, 0) is 61.3 Å². The lowest BCUT2D eigenvalue weighted by Gasteiger charge is -2.37. The van der Waals surface area contributed by atoms with Crippen LogP contribution in [0.4, 0.5) is 16.8 Å². The molecule has 0 aliphatic heterocycles. The number of rotatable bonds is 16. The number of thiazole rings is 2. The first-order valence-electron chi connectivity index (χ1n) is 16.6. The molecule has 0 radical (unpaired) electrons. The van der Waals surface area contributed by atoms with Gasteiger partial charge in [-0.15, -0.1) is 21.5 Å². The molecule has 49 heavy (non-hydrogen) atoms. The van der Waals surface area contributed by atoms with Crippen molar-refractivity contribution in [2.75, 3.05) is 38.9 Å². The number of benzene rings is 1.